The predicted octanol–water partition coefficient (Wildman–Crippen LogP) is 3.56. The van der Waals surface area contributed by atoms with Crippen LogP contribution in [0.5, 0.6) is 0 Å². The van der Waals surface area contributed by atoms with E-state index in [-0.39, 0.29) is 0 Å². The minimum Gasteiger partial charge on any atom is -0.378 e. The highest BCUT2D eigenvalue weighted by Crippen LogP contribution is 2.30. The van der Waals surface area contributed by atoms with E-state index in [1.54, 1.807) is 0 Å². The minimum atomic E-state index is 0.364. The summed E-state index contributed by atoms with van der Waals surface area (Å²) in [6.07, 6.45) is 3.75. The normalized spacial score (nSPS) is 16.2. The number of ether oxygens (including phenoxy) is 1. The van der Waals surface area contributed by atoms with Gasteiger partial charge in [0.25, 0.3) is 0 Å². The van der Waals surface area contributed by atoms with Crippen LogP contribution < -0.4 is 10.2 Å². The summed E-state index contributed by atoms with van der Waals surface area (Å²) in [5.41, 5.74) is 5.59. The number of rotatable bonds is 4. The summed E-state index contributed by atoms with van der Waals surface area (Å²) in [5.74, 6) is 1.64. The fourth-order valence-corrected chi connectivity index (χ4v) is 3.92. The van der Waals surface area contributed by atoms with Crippen molar-refractivity contribution in [2.45, 2.75) is 20.4 Å². The average Bonchev–Trinajstić information content (AvgIpc) is 3.20. The Hall–Kier alpha value is -3.06. The van der Waals surface area contributed by atoms with Gasteiger partial charge in [-0.3, -0.25) is 4.99 Å². The van der Waals surface area contributed by atoms with Gasteiger partial charge in [-0.1, -0.05) is 26.0 Å². The number of aromatic nitrogens is 3. The standard InChI is InChI=1S/C22H24N6O/c1-14(2)20-19-15(11-24-20)3-4-16-12-25-22(27-21(16)19)26-18-6-5-17(13-23-18)28-7-9-29-10-8-28/h3-6,12-14H,7-11H2,1-2H3,(H,23,25,26,27). The summed E-state index contributed by atoms with van der Waals surface area (Å²) >= 11 is 0. The number of fused-ring (bicyclic) bond motifs is 3. The first-order chi connectivity index (χ1) is 14.2. The Bertz CT molecular complexity index is 1070. The molecule has 148 valence electrons. The molecule has 7 nitrogen and oxygen atoms in total. The number of benzene rings is 1. The first-order valence-corrected chi connectivity index (χ1v) is 10.1. The van der Waals surface area contributed by atoms with Crippen LogP contribution in [0.1, 0.15) is 25.0 Å². The van der Waals surface area contributed by atoms with Crippen molar-refractivity contribution in [1.29, 1.82) is 0 Å². The molecule has 2 aromatic heterocycles. The van der Waals surface area contributed by atoms with Crippen molar-refractivity contribution in [2.24, 2.45) is 10.9 Å². The molecule has 0 aliphatic carbocycles. The molecule has 0 amide bonds. The zero-order valence-electron chi connectivity index (χ0n) is 16.7. The van der Waals surface area contributed by atoms with Gasteiger partial charge in [0, 0.05) is 35.9 Å². The van der Waals surface area contributed by atoms with E-state index in [9.17, 15) is 0 Å². The fraction of sp³-hybridized carbons (Fsp3) is 0.364. The van der Waals surface area contributed by atoms with Crippen LogP contribution in [0, 0.1) is 5.92 Å². The zero-order valence-corrected chi connectivity index (χ0v) is 16.7. The second-order valence-electron chi connectivity index (χ2n) is 7.71. The number of hydrogen-bond donors (Lipinski definition) is 1. The Labute approximate surface area is 169 Å². The highest BCUT2D eigenvalue weighted by atomic mass is 16.5. The Balaban J connectivity index is 1.42. The van der Waals surface area contributed by atoms with Crippen LogP contribution in [0.3, 0.4) is 0 Å². The number of hydrogen-bond acceptors (Lipinski definition) is 7. The third-order valence-corrected chi connectivity index (χ3v) is 5.43. The molecule has 4 heterocycles. The number of aliphatic imine (C=N–C) groups is 1. The maximum Gasteiger partial charge on any atom is 0.228 e. The quantitative estimate of drug-likeness (QED) is 0.736. The summed E-state index contributed by atoms with van der Waals surface area (Å²) in [6, 6.07) is 8.25. The lowest BCUT2D eigenvalue weighted by molar-refractivity contribution is 0.122. The van der Waals surface area contributed by atoms with Gasteiger partial charge in [-0.15, -0.1) is 0 Å². The molecule has 2 aliphatic heterocycles. The van der Waals surface area contributed by atoms with Crippen molar-refractivity contribution in [3.8, 4) is 0 Å². The monoisotopic (exact) mass is 388 g/mol. The molecule has 0 spiro atoms. The molecule has 0 saturated carbocycles. The van der Waals surface area contributed by atoms with Crippen LogP contribution in [-0.2, 0) is 11.3 Å². The van der Waals surface area contributed by atoms with Crippen LogP contribution >= 0.6 is 0 Å². The molecular weight excluding hydrogens is 364 g/mol. The topological polar surface area (TPSA) is 75.5 Å². The molecule has 1 N–H and O–H groups in total. The highest BCUT2D eigenvalue weighted by molar-refractivity contribution is 6.13. The van der Waals surface area contributed by atoms with E-state index in [1.807, 2.05) is 18.5 Å². The molecule has 0 bridgehead atoms. The van der Waals surface area contributed by atoms with Crippen LogP contribution in [0.2, 0.25) is 0 Å². The van der Waals surface area contributed by atoms with Crippen molar-refractivity contribution in [3.05, 3.63) is 47.8 Å². The summed E-state index contributed by atoms with van der Waals surface area (Å²) in [5, 5.41) is 4.27. The van der Waals surface area contributed by atoms with Gasteiger partial charge in [-0.25, -0.2) is 15.0 Å². The van der Waals surface area contributed by atoms with Crippen molar-refractivity contribution < 1.29 is 4.74 Å². The van der Waals surface area contributed by atoms with E-state index in [4.69, 9.17) is 14.7 Å². The number of nitrogens with zero attached hydrogens (tertiary/aromatic N) is 5. The highest BCUT2D eigenvalue weighted by Gasteiger charge is 2.22. The second kappa shape index (κ2) is 7.40. The van der Waals surface area contributed by atoms with Gasteiger partial charge in [-0.2, -0.15) is 0 Å². The first kappa shape index (κ1) is 18.0. The van der Waals surface area contributed by atoms with Crippen LogP contribution in [0.4, 0.5) is 17.5 Å². The molecule has 29 heavy (non-hydrogen) atoms. The van der Waals surface area contributed by atoms with Gasteiger partial charge in [0.2, 0.25) is 5.95 Å². The lowest BCUT2D eigenvalue weighted by atomic mass is 9.96. The number of nitrogens with one attached hydrogen (secondary N) is 1. The van der Waals surface area contributed by atoms with E-state index >= 15 is 0 Å². The van der Waals surface area contributed by atoms with Crippen molar-refractivity contribution in [3.63, 3.8) is 0 Å². The van der Waals surface area contributed by atoms with Crippen LogP contribution in [0.15, 0.2) is 41.7 Å². The average molecular weight is 388 g/mol. The summed E-state index contributed by atoms with van der Waals surface area (Å²) in [6.45, 7) is 8.39. The van der Waals surface area contributed by atoms with Crippen LogP contribution in [-0.4, -0.2) is 47.0 Å². The van der Waals surface area contributed by atoms with Gasteiger partial charge in [0.1, 0.15) is 5.82 Å². The maximum absolute atomic E-state index is 5.41. The van der Waals surface area contributed by atoms with Gasteiger partial charge in [0.05, 0.1) is 37.2 Å². The maximum atomic E-state index is 5.41. The van der Waals surface area contributed by atoms with Crippen molar-refractivity contribution in [1.82, 2.24) is 15.0 Å². The molecule has 1 saturated heterocycles. The summed E-state index contributed by atoms with van der Waals surface area (Å²) in [7, 11) is 0. The number of morpholine rings is 1. The Kier molecular flexibility index (Phi) is 4.60. The molecule has 0 radical (unpaired) electrons. The zero-order chi connectivity index (χ0) is 19.8. The number of pyridine rings is 1. The van der Waals surface area contributed by atoms with Crippen molar-refractivity contribution >= 4 is 34.1 Å². The summed E-state index contributed by atoms with van der Waals surface area (Å²) < 4.78 is 5.41. The molecule has 5 rings (SSSR count). The fourth-order valence-electron chi connectivity index (χ4n) is 3.92. The summed E-state index contributed by atoms with van der Waals surface area (Å²) in [4.78, 5) is 20.9. The predicted molar refractivity (Wildman–Crippen MR) is 115 cm³/mol. The van der Waals surface area contributed by atoms with Crippen LogP contribution in [0.25, 0.3) is 10.9 Å². The second-order valence-corrected chi connectivity index (χ2v) is 7.71. The van der Waals surface area contributed by atoms with E-state index in [2.05, 4.69) is 52.2 Å². The molecular formula is C22H24N6O. The molecule has 1 aromatic carbocycles. The lowest BCUT2D eigenvalue weighted by Gasteiger charge is -2.28. The van der Waals surface area contributed by atoms with E-state index in [1.165, 1.54) is 11.1 Å². The Morgan fingerprint density at radius 3 is 2.66 bits per heavy atom. The molecule has 0 unspecified atom stereocenters. The molecule has 2 aliphatic rings. The molecule has 7 heteroatoms. The molecule has 3 aromatic rings. The molecule has 1 fully saturated rings. The van der Waals surface area contributed by atoms with E-state index in [0.29, 0.717) is 11.9 Å². The number of anilines is 3. The molecule has 0 atom stereocenters. The largest absolute Gasteiger partial charge is 0.378 e. The van der Waals surface area contributed by atoms with Gasteiger partial charge in [-0.05, 0) is 23.6 Å². The third kappa shape index (κ3) is 3.42. The smallest absolute Gasteiger partial charge is 0.228 e. The third-order valence-electron chi connectivity index (χ3n) is 5.43. The Morgan fingerprint density at radius 2 is 1.90 bits per heavy atom. The Morgan fingerprint density at radius 1 is 1.03 bits per heavy atom. The van der Waals surface area contributed by atoms with E-state index < -0.39 is 0 Å². The SMILES string of the molecule is CC(C)C1=NCc2ccc3cnc(Nc4ccc(N5CCOCC5)cn4)nc3c21. The van der Waals surface area contributed by atoms with Crippen molar-refractivity contribution in [2.75, 3.05) is 36.5 Å². The van der Waals surface area contributed by atoms with Gasteiger partial charge in [0.15, 0.2) is 0 Å². The lowest BCUT2D eigenvalue weighted by Crippen LogP contribution is -2.36. The van der Waals surface area contributed by atoms with Gasteiger partial charge >= 0.3 is 0 Å². The van der Waals surface area contributed by atoms with E-state index in [0.717, 1.165) is 61.0 Å². The van der Waals surface area contributed by atoms with Gasteiger partial charge < -0.3 is 15.0 Å². The minimum absolute atomic E-state index is 0.364. The first-order valence-electron chi connectivity index (χ1n) is 10.1.